The molecule has 0 amide bonds. The maximum atomic E-state index is 12.2. The van der Waals surface area contributed by atoms with Gasteiger partial charge in [0.1, 0.15) is 5.69 Å². The highest BCUT2D eigenvalue weighted by molar-refractivity contribution is 6.02. The summed E-state index contributed by atoms with van der Waals surface area (Å²) in [5.41, 5.74) is 8.04. The summed E-state index contributed by atoms with van der Waals surface area (Å²) in [6.07, 6.45) is 2.62. The van der Waals surface area contributed by atoms with Crippen LogP contribution in [0.5, 0.6) is 0 Å². The number of rotatable bonds is 5. The fourth-order valence-electron chi connectivity index (χ4n) is 4.36. The van der Waals surface area contributed by atoms with Crippen LogP contribution in [0.3, 0.4) is 0 Å². The monoisotopic (exact) mass is 406 g/mol. The Labute approximate surface area is 180 Å². The number of H-pyrrole nitrogens is 2. The average molecular weight is 406 g/mol. The summed E-state index contributed by atoms with van der Waals surface area (Å²) in [6, 6.07) is 26.4. The second kappa shape index (κ2) is 7.65. The van der Waals surface area contributed by atoms with E-state index in [0.717, 1.165) is 56.4 Å². The molecule has 0 unspecified atom stereocenters. The van der Waals surface area contributed by atoms with E-state index in [1.54, 1.807) is 0 Å². The number of hydrogen-bond acceptors (Lipinski definition) is 1. The van der Waals surface area contributed by atoms with Gasteiger partial charge in [0, 0.05) is 28.2 Å². The molecule has 2 heterocycles. The number of carboxylic acid groups (broad SMARTS) is 1. The first-order valence-corrected chi connectivity index (χ1v) is 10.4. The number of fused-ring (bicyclic) bond motifs is 1. The minimum absolute atomic E-state index is 0.229. The number of carbonyl (C=O) groups is 1. The molecule has 0 fully saturated rings. The number of aromatic carboxylic acids is 1. The Kier molecular flexibility index (Phi) is 4.68. The molecule has 4 nitrogen and oxygen atoms in total. The first-order valence-electron chi connectivity index (χ1n) is 10.4. The van der Waals surface area contributed by atoms with Crippen molar-refractivity contribution in [1.29, 1.82) is 0 Å². The number of hydrogen-bond donors (Lipinski definition) is 3. The van der Waals surface area contributed by atoms with E-state index >= 15 is 0 Å². The van der Waals surface area contributed by atoms with Crippen LogP contribution in [-0.2, 0) is 6.42 Å². The van der Waals surface area contributed by atoms with Gasteiger partial charge < -0.3 is 15.1 Å². The third-order valence-corrected chi connectivity index (χ3v) is 5.82. The molecule has 0 saturated heterocycles. The molecule has 0 aliphatic rings. The fourth-order valence-corrected chi connectivity index (χ4v) is 4.36. The van der Waals surface area contributed by atoms with Crippen LogP contribution < -0.4 is 0 Å². The Morgan fingerprint density at radius 1 is 0.839 bits per heavy atom. The Morgan fingerprint density at radius 3 is 2.26 bits per heavy atom. The van der Waals surface area contributed by atoms with E-state index in [-0.39, 0.29) is 5.69 Å². The van der Waals surface area contributed by atoms with Gasteiger partial charge >= 0.3 is 5.97 Å². The smallest absolute Gasteiger partial charge is 0.352 e. The summed E-state index contributed by atoms with van der Waals surface area (Å²) in [7, 11) is 0. The summed E-state index contributed by atoms with van der Waals surface area (Å²) >= 11 is 0. The third kappa shape index (κ3) is 3.22. The van der Waals surface area contributed by atoms with E-state index in [0.29, 0.717) is 0 Å². The van der Waals surface area contributed by atoms with Gasteiger partial charge in [-0.25, -0.2) is 4.79 Å². The number of nitrogens with one attached hydrogen (secondary N) is 2. The third-order valence-electron chi connectivity index (χ3n) is 5.82. The number of aromatic amines is 2. The lowest BCUT2D eigenvalue weighted by atomic mass is 9.94. The topological polar surface area (TPSA) is 68.9 Å². The van der Waals surface area contributed by atoms with Gasteiger partial charge in [-0.15, -0.1) is 0 Å². The second-order valence-electron chi connectivity index (χ2n) is 7.58. The van der Waals surface area contributed by atoms with Gasteiger partial charge in [0.25, 0.3) is 0 Å². The zero-order chi connectivity index (χ0) is 21.4. The molecule has 5 aromatic rings. The first-order chi connectivity index (χ1) is 15.2. The molecule has 0 spiro atoms. The molecule has 2 aromatic heterocycles. The lowest BCUT2D eigenvalue weighted by molar-refractivity contribution is 0.0692. The predicted octanol–water partition coefficient (Wildman–Crippen LogP) is 6.76. The highest BCUT2D eigenvalue weighted by atomic mass is 16.4. The maximum absolute atomic E-state index is 12.2. The standard InChI is InChI=1S/C27H22N2O2/c1-2-20-24(19-13-11-18(12-14-19)17-7-4-3-5-8-17)26(27(30)31)29-25(20)22-9-6-10-23-21(22)15-16-28-23/h3-16,28-29H,2H2,1H3,(H,30,31). The van der Waals surface area contributed by atoms with Gasteiger partial charge in [0.15, 0.2) is 0 Å². The highest BCUT2D eigenvalue weighted by Gasteiger charge is 2.23. The van der Waals surface area contributed by atoms with Crippen molar-refractivity contribution in [2.75, 3.05) is 0 Å². The Morgan fingerprint density at radius 2 is 1.55 bits per heavy atom. The van der Waals surface area contributed by atoms with Crippen LogP contribution in [-0.4, -0.2) is 21.0 Å². The van der Waals surface area contributed by atoms with Crippen molar-refractivity contribution in [2.45, 2.75) is 13.3 Å². The summed E-state index contributed by atoms with van der Waals surface area (Å²) in [6.45, 7) is 2.07. The molecule has 3 aromatic carbocycles. The summed E-state index contributed by atoms with van der Waals surface area (Å²) in [5, 5.41) is 11.0. The van der Waals surface area contributed by atoms with Crippen molar-refractivity contribution in [1.82, 2.24) is 9.97 Å². The maximum Gasteiger partial charge on any atom is 0.352 e. The highest BCUT2D eigenvalue weighted by Crippen LogP contribution is 2.39. The lowest BCUT2D eigenvalue weighted by Crippen LogP contribution is -1.99. The van der Waals surface area contributed by atoms with E-state index in [1.165, 1.54) is 0 Å². The minimum atomic E-state index is -0.954. The van der Waals surface area contributed by atoms with E-state index in [4.69, 9.17) is 0 Å². The molecule has 0 aliphatic heterocycles. The molecule has 31 heavy (non-hydrogen) atoms. The minimum Gasteiger partial charge on any atom is -0.477 e. The van der Waals surface area contributed by atoms with E-state index in [1.807, 2.05) is 60.8 Å². The molecule has 3 N–H and O–H groups in total. The van der Waals surface area contributed by atoms with Crippen molar-refractivity contribution >= 4 is 16.9 Å². The molecule has 0 saturated carbocycles. The number of carboxylic acids is 1. The van der Waals surface area contributed by atoms with Crippen LogP contribution in [0.1, 0.15) is 23.0 Å². The largest absolute Gasteiger partial charge is 0.477 e. The van der Waals surface area contributed by atoms with Crippen molar-refractivity contribution in [2.24, 2.45) is 0 Å². The molecule has 5 rings (SSSR count). The SMILES string of the molecule is CCc1c(-c2cccc3[nH]ccc23)[nH]c(C(=O)O)c1-c1ccc(-c2ccccc2)cc1. The van der Waals surface area contributed by atoms with Gasteiger partial charge in [0.05, 0.1) is 5.69 Å². The van der Waals surface area contributed by atoms with Gasteiger partial charge in [-0.2, -0.15) is 0 Å². The Balaban J connectivity index is 1.69. The van der Waals surface area contributed by atoms with Crippen LogP contribution in [0.25, 0.3) is 44.4 Å². The van der Waals surface area contributed by atoms with Gasteiger partial charge in [0.2, 0.25) is 0 Å². The molecule has 0 atom stereocenters. The van der Waals surface area contributed by atoms with Crippen LogP contribution >= 0.6 is 0 Å². The number of benzene rings is 3. The Bertz CT molecular complexity index is 1380. The van der Waals surface area contributed by atoms with Crippen molar-refractivity contribution < 1.29 is 9.90 Å². The van der Waals surface area contributed by atoms with Crippen molar-refractivity contribution in [3.05, 3.63) is 96.3 Å². The molecule has 4 heteroatoms. The van der Waals surface area contributed by atoms with Crippen LogP contribution in [0.2, 0.25) is 0 Å². The number of aromatic nitrogens is 2. The normalized spacial score (nSPS) is 11.1. The molecular weight excluding hydrogens is 384 g/mol. The molecule has 0 aliphatic carbocycles. The zero-order valence-corrected chi connectivity index (χ0v) is 17.1. The molecule has 152 valence electrons. The van der Waals surface area contributed by atoms with Crippen LogP contribution in [0.4, 0.5) is 0 Å². The van der Waals surface area contributed by atoms with E-state index < -0.39 is 5.97 Å². The Hall–Kier alpha value is -4.05. The van der Waals surface area contributed by atoms with E-state index in [9.17, 15) is 9.90 Å². The van der Waals surface area contributed by atoms with Gasteiger partial charge in [-0.05, 0) is 40.8 Å². The van der Waals surface area contributed by atoms with Crippen LogP contribution in [0.15, 0.2) is 85.1 Å². The molecular formula is C27H22N2O2. The second-order valence-corrected chi connectivity index (χ2v) is 7.58. The van der Waals surface area contributed by atoms with E-state index in [2.05, 4.69) is 41.2 Å². The summed E-state index contributed by atoms with van der Waals surface area (Å²) in [4.78, 5) is 18.6. The molecule has 0 radical (unpaired) electrons. The van der Waals surface area contributed by atoms with Crippen molar-refractivity contribution in [3.63, 3.8) is 0 Å². The molecule has 0 bridgehead atoms. The van der Waals surface area contributed by atoms with Gasteiger partial charge in [-0.1, -0.05) is 73.7 Å². The predicted molar refractivity (Wildman–Crippen MR) is 125 cm³/mol. The fraction of sp³-hybridized carbons (Fsp3) is 0.0741. The quantitative estimate of drug-likeness (QED) is 0.302. The lowest BCUT2D eigenvalue weighted by Gasteiger charge is -2.09. The first kappa shape index (κ1) is 18.9. The van der Waals surface area contributed by atoms with Gasteiger partial charge in [-0.3, -0.25) is 0 Å². The summed E-state index contributed by atoms with van der Waals surface area (Å²) in [5.74, 6) is -0.954. The van der Waals surface area contributed by atoms with Crippen molar-refractivity contribution in [3.8, 4) is 33.5 Å². The van der Waals surface area contributed by atoms with Crippen LogP contribution in [0, 0.1) is 0 Å². The summed E-state index contributed by atoms with van der Waals surface area (Å²) < 4.78 is 0. The zero-order valence-electron chi connectivity index (χ0n) is 17.1. The average Bonchev–Trinajstić information content (AvgIpc) is 3.44.